The maximum atomic E-state index is 12.4. The second-order valence-electron chi connectivity index (χ2n) is 9.47. The van der Waals surface area contributed by atoms with E-state index in [4.69, 9.17) is 0 Å². The SMILES string of the molecule is CN1CC(C)(C)c2ccc(NC(=O)CCc3ccc(C(C)(C)C)cc3)cc21. The molecule has 0 saturated heterocycles. The standard InChI is InChI=1S/C24H32N2O/c1-23(2,3)18-10-7-17(8-11-18)9-14-22(27)25-19-12-13-20-21(15-19)26(6)16-24(20,4)5/h7-8,10-13,15H,9,14,16H2,1-6H3,(H,25,27). The maximum absolute atomic E-state index is 12.4. The first-order valence-electron chi connectivity index (χ1n) is 9.81. The number of hydrogen-bond acceptors (Lipinski definition) is 2. The van der Waals surface area contributed by atoms with Crippen molar-refractivity contribution in [1.29, 1.82) is 0 Å². The van der Waals surface area contributed by atoms with E-state index in [0.717, 1.165) is 18.7 Å². The molecule has 144 valence electrons. The molecule has 0 spiro atoms. The number of anilines is 2. The van der Waals surface area contributed by atoms with Crippen molar-refractivity contribution >= 4 is 17.3 Å². The first-order chi connectivity index (χ1) is 12.6. The van der Waals surface area contributed by atoms with Crippen LogP contribution in [0, 0.1) is 0 Å². The molecule has 1 aliphatic rings. The molecule has 2 aromatic rings. The van der Waals surface area contributed by atoms with E-state index in [-0.39, 0.29) is 16.7 Å². The van der Waals surface area contributed by atoms with Gasteiger partial charge >= 0.3 is 0 Å². The molecule has 3 nitrogen and oxygen atoms in total. The Balaban J connectivity index is 1.60. The summed E-state index contributed by atoms with van der Waals surface area (Å²) < 4.78 is 0. The Bertz CT molecular complexity index is 828. The van der Waals surface area contributed by atoms with Crippen LogP contribution < -0.4 is 10.2 Å². The average Bonchev–Trinajstić information content (AvgIpc) is 2.81. The Morgan fingerprint density at radius 1 is 1.11 bits per heavy atom. The van der Waals surface area contributed by atoms with Gasteiger partial charge in [-0.2, -0.15) is 0 Å². The molecule has 3 heteroatoms. The number of carbonyl (C=O) groups is 1. The number of amides is 1. The molecule has 1 N–H and O–H groups in total. The number of likely N-dealkylation sites (N-methyl/N-ethyl adjacent to an activating group) is 1. The van der Waals surface area contributed by atoms with Crippen LogP contribution in [-0.4, -0.2) is 19.5 Å². The molecule has 1 amide bonds. The predicted octanol–water partition coefficient (Wildman–Crippen LogP) is 5.28. The van der Waals surface area contributed by atoms with Gasteiger partial charge in [-0.25, -0.2) is 0 Å². The van der Waals surface area contributed by atoms with Gasteiger partial charge in [0.05, 0.1) is 0 Å². The summed E-state index contributed by atoms with van der Waals surface area (Å²) in [5.41, 5.74) is 6.29. The zero-order valence-electron chi connectivity index (χ0n) is 17.5. The third kappa shape index (κ3) is 4.35. The van der Waals surface area contributed by atoms with E-state index in [2.05, 4.69) is 88.3 Å². The largest absolute Gasteiger partial charge is 0.373 e. The van der Waals surface area contributed by atoms with Crippen molar-refractivity contribution in [1.82, 2.24) is 0 Å². The summed E-state index contributed by atoms with van der Waals surface area (Å²) in [6.45, 7) is 12.2. The summed E-state index contributed by atoms with van der Waals surface area (Å²) in [7, 11) is 2.11. The molecule has 3 rings (SSSR count). The molecule has 0 atom stereocenters. The molecule has 1 heterocycles. The number of benzene rings is 2. The first kappa shape index (κ1) is 19.5. The van der Waals surface area contributed by atoms with Gasteiger partial charge in [0.15, 0.2) is 0 Å². The molecule has 0 saturated carbocycles. The zero-order chi connectivity index (χ0) is 19.8. The van der Waals surface area contributed by atoms with Crippen molar-refractivity contribution in [3.63, 3.8) is 0 Å². The zero-order valence-corrected chi connectivity index (χ0v) is 17.5. The van der Waals surface area contributed by atoms with E-state index in [0.29, 0.717) is 6.42 Å². The molecule has 0 unspecified atom stereocenters. The second-order valence-corrected chi connectivity index (χ2v) is 9.47. The van der Waals surface area contributed by atoms with Gasteiger partial charge in [-0.1, -0.05) is 65.0 Å². The number of rotatable bonds is 4. The van der Waals surface area contributed by atoms with Crippen LogP contribution >= 0.6 is 0 Å². The molecule has 0 aliphatic carbocycles. The molecule has 27 heavy (non-hydrogen) atoms. The van der Waals surface area contributed by atoms with Crippen LogP contribution in [0.4, 0.5) is 11.4 Å². The third-order valence-corrected chi connectivity index (χ3v) is 5.52. The smallest absolute Gasteiger partial charge is 0.224 e. The maximum Gasteiger partial charge on any atom is 0.224 e. The molecule has 2 aromatic carbocycles. The van der Waals surface area contributed by atoms with Crippen molar-refractivity contribution < 1.29 is 4.79 Å². The number of fused-ring (bicyclic) bond motifs is 1. The van der Waals surface area contributed by atoms with E-state index < -0.39 is 0 Å². The minimum atomic E-state index is 0.0646. The minimum absolute atomic E-state index is 0.0646. The van der Waals surface area contributed by atoms with E-state index >= 15 is 0 Å². The summed E-state index contributed by atoms with van der Waals surface area (Å²) >= 11 is 0. The summed E-state index contributed by atoms with van der Waals surface area (Å²) in [6, 6.07) is 14.9. The summed E-state index contributed by atoms with van der Waals surface area (Å²) in [4.78, 5) is 14.7. The fraction of sp³-hybridized carbons (Fsp3) is 0.458. The second kappa shape index (κ2) is 7.03. The molecular formula is C24H32N2O. The van der Waals surface area contributed by atoms with Crippen LogP contribution in [0.1, 0.15) is 57.7 Å². The van der Waals surface area contributed by atoms with Crippen molar-refractivity contribution in [2.45, 2.75) is 58.3 Å². The highest BCUT2D eigenvalue weighted by Gasteiger charge is 2.33. The van der Waals surface area contributed by atoms with Gasteiger partial charge in [0, 0.05) is 36.8 Å². The van der Waals surface area contributed by atoms with Crippen LogP contribution in [0.5, 0.6) is 0 Å². The van der Waals surface area contributed by atoms with Gasteiger partial charge in [-0.05, 0) is 40.7 Å². The van der Waals surface area contributed by atoms with Crippen LogP contribution in [0.3, 0.4) is 0 Å². The number of nitrogens with one attached hydrogen (secondary N) is 1. The highest BCUT2D eigenvalue weighted by Crippen LogP contribution is 2.40. The molecular weight excluding hydrogens is 332 g/mol. The number of nitrogens with zero attached hydrogens (tertiary/aromatic N) is 1. The molecule has 0 fully saturated rings. The Morgan fingerprint density at radius 3 is 2.41 bits per heavy atom. The quantitative estimate of drug-likeness (QED) is 0.800. The summed E-state index contributed by atoms with van der Waals surface area (Å²) in [5.74, 6) is 0.0646. The van der Waals surface area contributed by atoms with Crippen LogP contribution in [0.15, 0.2) is 42.5 Å². The Morgan fingerprint density at radius 2 is 1.78 bits per heavy atom. The van der Waals surface area contributed by atoms with Crippen LogP contribution in [0.25, 0.3) is 0 Å². The van der Waals surface area contributed by atoms with Crippen molar-refractivity contribution in [3.8, 4) is 0 Å². The lowest BCUT2D eigenvalue weighted by Gasteiger charge is -2.19. The highest BCUT2D eigenvalue weighted by molar-refractivity contribution is 5.91. The van der Waals surface area contributed by atoms with Gasteiger partial charge < -0.3 is 10.2 Å². The van der Waals surface area contributed by atoms with E-state index in [1.54, 1.807) is 0 Å². The number of aryl methyl sites for hydroxylation is 1. The van der Waals surface area contributed by atoms with E-state index in [1.807, 2.05) is 6.07 Å². The molecule has 0 aromatic heterocycles. The molecule has 0 radical (unpaired) electrons. The Labute approximate surface area is 163 Å². The lowest BCUT2D eigenvalue weighted by atomic mass is 9.86. The average molecular weight is 365 g/mol. The topological polar surface area (TPSA) is 32.3 Å². The third-order valence-electron chi connectivity index (χ3n) is 5.52. The van der Waals surface area contributed by atoms with Crippen molar-refractivity contribution in [2.75, 3.05) is 23.8 Å². The van der Waals surface area contributed by atoms with Crippen LogP contribution in [-0.2, 0) is 22.0 Å². The lowest BCUT2D eigenvalue weighted by molar-refractivity contribution is -0.116. The fourth-order valence-electron chi connectivity index (χ4n) is 3.91. The van der Waals surface area contributed by atoms with Gasteiger partial charge in [0.25, 0.3) is 0 Å². The number of carbonyl (C=O) groups excluding carboxylic acids is 1. The predicted molar refractivity (Wildman–Crippen MR) is 115 cm³/mol. The summed E-state index contributed by atoms with van der Waals surface area (Å²) in [5, 5.41) is 3.06. The number of hydrogen-bond donors (Lipinski definition) is 1. The van der Waals surface area contributed by atoms with Gasteiger partial charge in [0.2, 0.25) is 5.91 Å². The monoisotopic (exact) mass is 364 g/mol. The molecule has 1 aliphatic heterocycles. The summed E-state index contributed by atoms with van der Waals surface area (Å²) in [6.07, 6.45) is 1.25. The Hall–Kier alpha value is -2.29. The van der Waals surface area contributed by atoms with Gasteiger partial charge in [0.1, 0.15) is 0 Å². The molecule has 0 bridgehead atoms. The Kier molecular flexibility index (Phi) is 5.07. The van der Waals surface area contributed by atoms with Crippen molar-refractivity contribution in [2.24, 2.45) is 0 Å². The van der Waals surface area contributed by atoms with Gasteiger partial charge in [-0.3, -0.25) is 4.79 Å². The normalized spacial score (nSPS) is 15.6. The van der Waals surface area contributed by atoms with Crippen molar-refractivity contribution in [3.05, 3.63) is 59.2 Å². The van der Waals surface area contributed by atoms with E-state index in [9.17, 15) is 4.79 Å². The van der Waals surface area contributed by atoms with E-state index in [1.165, 1.54) is 22.4 Å². The first-order valence-corrected chi connectivity index (χ1v) is 9.81. The highest BCUT2D eigenvalue weighted by atomic mass is 16.1. The lowest BCUT2D eigenvalue weighted by Crippen LogP contribution is -2.24. The fourth-order valence-corrected chi connectivity index (χ4v) is 3.91. The van der Waals surface area contributed by atoms with Crippen LogP contribution in [0.2, 0.25) is 0 Å². The minimum Gasteiger partial charge on any atom is -0.373 e. The van der Waals surface area contributed by atoms with Gasteiger partial charge in [-0.15, -0.1) is 0 Å².